The third-order valence-corrected chi connectivity index (χ3v) is 4.82. The highest BCUT2D eigenvalue weighted by Gasteiger charge is 2.12. The number of allylic oxidation sites excluding steroid dienone is 1. The molecule has 0 aliphatic carbocycles. The molecule has 1 aromatic carbocycles. The van der Waals surface area contributed by atoms with Crippen LogP contribution in [0.2, 0.25) is 0 Å². The summed E-state index contributed by atoms with van der Waals surface area (Å²) in [7, 11) is 2.01. The molecule has 0 saturated heterocycles. The van der Waals surface area contributed by atoms with Gasteiger partial charge >= 0.3 is 0 Å². The normalized spacial score (nSPS) is 10.2. The number of imidazole rings is 1. The van der Waals surface area contributed by atoms with Gasteiger partial charge in [-0.1, -0.05) is 55.3 Å². The minimum Gasteiger partial charge on any atom is -0.328 e. The molecule has 3 nitrogen and oxygen atoms in total. The molecule has 0 amide bonds. The summed E-state index contributed by atoms with van der Waals surface area (Å²) in [6.07, 6.45) is 6.15. The van der Waals surface area contributed by atoms with Gasteiger partial charge in [0.2, 0.25) is 0 Å². The molecule has 0 radical (unpaired) electrons. The number of pyridine rings is 1. The zero-order valence-corrected chi connectivity index (χ0v) is 16.9. The lowest BCUT2D eigenvalue weighted by atomic mass is 10.2. The SMILES string of the molecule is C=C(C)CCC.Cc1ccc(Sc2c(-c3ccccc3)ncn2C)nc1. The standard InChI is InChI=1S/C16H15N3S.C6H12/c1-12-8-9-14(17-10-12)20-16-15(18-11-19(16)2)13-6-4-3-5-7-13;1-4-5-6(2)3/h3-11H,1-2H3;2,4-5H2,1,3H3. The van der Waals surface area contributed by atoms with Crippen LogP contribution in [0.3, 0.4) is 0 Å². The molecule has 3 aromatic rings. The van der Waals surface area contributed by atoms with Gasteiger partial charge < -0.3 is 4.57 Å². The van der Waals surface area contributed by atoms with Gasteiger partial charge in [-0.2, -0.15) is 0 Å². The lowest BCUT2D eigenvalue weighted by molar-refractivity contribution is 0.824. The molecule has 0 atom stereocenters. The van der Waals surface area contributed by atoms with Crippen LogP contribution in [0.5, 0.6) is 0 Å². The first kappa shape index (κ1) is 20.0. The van der Waals surface area contributed by atoms with E-state index in [9.17, 15) is 0 Å². The van der Waals surface area contributed by atoms with Crippen molar-refractivity contribution in [2.24, 2.45) is 7.05 Å². The second-order valence-electron chi connectivity index (χ2n) is 6.36. The van der Waals surface area contributed by atoms with Gasteiger partial charge in [0.1, 0.15) is 15.7 Å². The van der Waals surface area contributed by atoms with Crippen LogP contribution in [0.4, 0.5) is 0 Å². The Bertz CT molecular complexity index is 820. The van der Waals surface area contributed by atoms with Gasteiger partial charge in [0.25, 0.3) is 0 Å². The Morgan fingerprint density at radius 3 is 2.38 bits per heavy atom. The maximum Gasteiger partial charge on any atom is 0.109 e. The average molecular weight is 366 g/mol. The number of aromatic nitrogens is 3. The van der Waals surface area contributed by atoms with E-state index < -0.39 is 0 Å². The van der Waals surface area contributed by atoms with Crippen molar-refractivity contribution in [2.45, 2.75) is 43.7 Å². The van der Waals surface area contributed by atoms with Gasteiger partial charge in [-0.05, 0) is 43.7 Å². The number of hydrogen-bond donors (Lipinski definition) is 0. The monoisotopic (exact) mass is 365 g/mol. The predicted molar refractivity (Wildman–Crippen MR) is 111 cm³/mol. The van der Waals surface area contributed by atoms with Crippen LogP contribution < -0.4 is 0 Å². The van der Waals surface area contributed by atoms with Crippen LogP contribution in [-0.2, 0) is 7.05 Å². The molecule has 3 rings (SSSR count). The Kier molecular flexibility index (Phi) is 7.67. The van der Waals surface area contributed by atoms with Crippen LogP contribution in [0.25, 0.3) is 11.3 Å². The van der Waals surface area contributed by atoms with Gasteiger partial charge in [0, 0.05) is 18.8 Å². The summed E-state index contributed by atoms with van der Waals surface area (Å²) in [5, 5.41) is 2.09. The Morgan fingerprint density at radius 1 is 1.12 bits per heavy atom. The fourth-order valence-corrected chi connectivity index (χ4v) is 3.27. The summed E-state index contributed by atoms with van der Waals surface area (Å²) in [4.78, 5) is 8.96. The molecule has 2 aromatic heterocycles. The number of hydrogen-bond acceptors (Lipinski definition) is 3. The second kappa shape index (κ2) is 9.97. The van der Waals surface area contributed by atoms with Crippen molar-refractivity contribution in [3.8, 4) is 11.3 Å². The van der Waals surface area contributed by atoms with Crippen LogP contribution in [0.1, 0.15) is 32.3 Å². The predicted octanol–water partition coefficient (Wildman–Crippen LogP) is 6.30. The van der Waals surface area contributed by atoms with Crippen molar-refractivity contribution in [3.63, 3.8) is 0 Å². The fraction of sp³-hybridized carbons (Fsp3) is 0.273. The maximum atomic E-state index is 4.51. The van der Waals surface area contributed by atoms with Crippen molar-refractivity contribution in [1.29, 1.82) is 0 Å². The Labute approximate surface area is 161 Å². The van der Waals surface area contributed by atoms with Gasteiger partial charge in [0.15, 0.2) is 0 Å². The largest absolute Gasteiger partial charge is 0.328 e. The van der Waals surface area contributed by atoms with E-state index in [0.717, 1.165) is 21.3 Å². The van der Waals surface area contributed by atoms with Crippen molar-refractivity contribution < 1.29 is 0 Å². The minimum absolute atomic E-state index is 0.983. The average Bonchev–Trinajstić information content (AvgIpc) is 2.99. The molecule has 0 N–H and O–H groups in total. The van der Waals surface area contributed by atoms with E-state index in [1.54, 1.807) is 11.8 Å². The molecule has 0 saturated carbocycles. The Hall–Kier alpha value is -2.33. The lowest BCUT2D eigenvalue weighted by Gasteiger charge is -2.05. The lowest BCUT2D eigenvalue weighted by Crippen LogP contribution is -1.90. The van der Waals surface area contributed by atoms with Crippen molar-refractivity contribution >= 4 is 11.8 Å². The van der Waals surface area contributed by atoms with Gasteiger partial charge in [-0.3, -0.25) is 0 Å². The van der Waals surface area contributed by atoms with Crippen LogP contribution in [-0.4, -0.2) is 14.5 Å². The molecular formula is C22H27N3S. The maximum absolute atomic E-state index is 4.51. The first-order chi connectivity index (χ1) is 12.5. The molecular weight excluding hydrogens is 338 g/mol. The number of benzene rings is 1. The number of rotatable bonds is 5. The first-order valence-electron chi connectivity index (χ1n) is 8.83. The van der Waals surface area contributed by atoms with E-state index in [4.69, 9.17) is 0 Å². The van der Waals surface area contributed by atoms with E-state index in [2.05, 4.69) is 48.6 Å². The number of nitrogens with zero attached hydrogens (tertiary/aromatic N) is 3. The zero-order valence-electron chi connectivity index (χ0n) is 16.1. The minimum atomic E-state index is 0.983. The third kappa shape index (κ3) is 5.88. The van der Waals surface area contributed by atoms with Gasteiger partial charge in [-0.15, -0.1) is 6.58 Å². The molecule has 0 unspecified atom stereocenters. The molecule has 0 aliphatic heterocycles. The molecule has 0 fully saturated rings. The molecule has 26 heavy (non-hydrogen) atoms. The highest BCUT2D eigenvalue weighted by atomic mass is 32.2. The topological polar surface area (TPSA) is 30.7 Å². The Balaban J connectivity index is 0.000000352. The van der Waals surface area contributed by atoms with E-state index in [1.807, 2.05) is 55.3 Å². The van der Waals surface area contributed by atoms with E-state index in [1.165, 1.54) is 24.0 Å². The summed E-state index contributed by atoms with van der Waals surface area (Å²) in [6, 6.07) is 14.4. The van der Waals surface area contributed by atoms with Crippen molar-refractivity contribution in [2.75, 3.05) is 0 Å². The van der Waals surface area contributed by atoms with Crippen molar-refractivity contribution in [3.05, 3.63) is 72.7 Å². The highest BCUT2D eigenvalue weighted by Crippen LogP contribution is 2.33. The summed E-state index contributed by atoms with van der Waals surface area (Å²) >= 11 is 1.64. The number of aryl methyl sites for hydroxylation is 2. The third-order valence-electron chi connectivity index (χ3n) is 3.69. The summed E-state index contributed by atoms with van der Waals surface area (Å²) < 4.78 is 2.04. The Morgan fingerprint density at radius 2 is 1.85 bits per heavy atom. The molecule has 0 bridgehead atoms. The first-order valence-corrected chi connectivity index (χ1v) is 9.64. The van der Waals surface area contributed by atoms with E-state index >= 15 is 0 Å². The summed E-state index contributed by atoms with van der Waals surface area (Å²) in [5.74, 6) is 0. The quantitative estimate of drug-likeness (QED) is 0.497. The van der Waals surface area contributed by atoms with Crippen molar-refractivity contribution in [1.82, 2.24) is 14.5 Å². The molecule has 4 heteroatoms. The van der Waals surface area contributed by atoms with Gasteiger partial charge in [-0.25, -0.2) is 9.97 Å². The highest BCUT2D eigenvalue weighted by molar-refractivity contribution is 7.99. The van der Waals surface area contributed by atoms with E-state index in [-0.39, 0.29) is 0 Å². The van der Waals surface area contributed by atoms with E-state index in [0.29, 0.717) is 0 Å². The second-order valence-corrected chi connectivity index (χ2v) is 7.37. The molecule has 2 heterocycles. The van der Waals surface area contributed by atoms with Crippen LogP contribution in [0.15, 0.2) is 77.2 Å². The molecule has 0 aliphatic rings. The summed E-state index contributed by atoms with van der Waals surface area (Å²) in [5.41, 5.74) is 4.59. The molecule has 0 spiro atoms. The van der Waals surface area contributed by atoms with Crippen LogP contribution >= 0.6 is 11.8 Å². The molecule has 136 valence electrons. The fourth-order valence-electron chi connectivity index (χ4n) is 2.37. The van der Waals surface area contributed by atoms with Gasteiger partial charge in [0.05, 0.1) is 6.33 Å². The smallest absolute Gasteiger partial charge is 0.109 e. The summed E-state index contributed by atoms with van der Waals surface area (Å²) in [6.45, 7) is 10.0. The van der Waals surface area contributed by atoms with Crippen LogP contribution in [0, 0.1) is 6.92 Å². The zero-order chi connectivity index (χ0) is 18.9.